The van der Waals surface area contributed by atoms with Gasteiger partial charge in [0.25, 0.3) is 0 Å². The van der Waals surface area contributed by atoms with Gasteiger partial charge >= 0.3 is 5.97 Å². The van der Waals surface area contributed by atoms with Crippen molar-refractivity contribution in [1.82, 2.24) is 4.98 Å². The van der Waals surface area contributed by atoms with Gasteiger partial charge in [-0.1, -0.05) is 34.8 Å². The molecule has 1 aromatic heterocycles. The summed E-state index contributed by atoms with van der Waals surface area (Å²) in [5.41, 5.74) is 1.02. The predicted molar refractivity (Wildman–Crippen MR) is 71.7 cm³/mol. The lowest BCUT2D eigenvalue weighted by Gasteiger charge is -2.06. The Hall–Kier alpha value is -1.29. The summed E-state index contributed by atoms with van der Waals surface area (Å²) >= 11 is 17.6. The molecule has 0 aliphatic heterocycles. The fraction of sp³-hybridized carbons (Fsp3) is 0. The topological polar surface area (TPSA) is 50.2 Å². The van der Waals surface area contributed by atoms with Gasteiger partial charge in [-0.15, -0.1) is 0 Å². The van der Waals surface area contributed by atoms with E-state index in [1.807, 2.05) is 0 Å². The fourth-order valence-corrected chi connectivity index (χ4v) is 2.17. The number of carboxylic acid groups (broad SMARTS) is 1. The zero-order chi connectivity index (χ0) is 13.3. The minimum Gasteiger partial charge on any atom is -0.478 e. The van der Waals surface area contributed by atoms with E-state index >= 15 is 0 Å². The third kappa shape index (κ3) is 2.75. The van der Waals surface area contributed by atoms with Gasteiger partial charge in [-0.25, -0.2) is 9.78 Å². The maximum absolute atomic E-state index is 10.9. The lowest BCUT2D eigenvalue weighted by atomic mass is 10.1. The van der Waals surface area contributed by atoms with Gasteiger partial charge in [0, 0.05) is 10.6 Å². The Balaban J connectivity index is 2.60. The van der Waals surface area contributed by atoms with Crippen LogP contribution in [-0.4, -0.2) is 16.1 Å². The molecule has 0 bridgehead atoms. The number of hydrogen-bond acceptors (Lipinski definition) is 2. The first-order chi connectivity index (χ1) is 8.47. The molecule has 0 fully saturated rings. The Bertz CT molecular complexity index is 629. The zero-order valence-corrected chi connectivity index (χ0v) is 11.1. The van der Waals surface area contributed by atoms with Gasteiger partial charge in [0.15, 0.2) is 0 Å². The Morgan fingerprint density at radius 2 is 1.83 bits per heavy atom. The van der Waals surface area contributed by atoms with Crippen LogP contribution in [0.2, 0.25) is 15.2 Å². The van der Waals surface area contributed by atoms with Crippen LogP contribution in [0.25, 0.3) is 11.3 Å². The predicted octanol–water partition coefficient (Wildman–Crippen LogP) is 4.41. The fourth-order valence-electron chi connectivity index (χ4n) is 1.46. The van der Waals surface area contributed by atoms with Crippen molar-refractivity contribution in [1.29, 1.82) is 0 Å². The Morgan fingerprint density at radius 1 is 1.11 bits per heavy atom. The first-order valence-electron chi connectivity index (χ1n) is 4.83. The summed E-state index contributed by atoms with van der Waals surface area (Å²) in [6.07, 6.45) is 0. The number of carboxylic acids is 1. The van der Waals surface area contributed by atoms with E-state index in [0.717, 1.165) is 0 Å². The van der Waals surface area contributed by atoms with Crippen LogP contribution in [0, 0.1) is 0 Å². The quantitative estimate of drug-likeness (QED) is 0.836. The van der Waals surface area contributed by atoms with Gasteiger partial charge in [-0.2, -0.15) is 0 Å². The van der Waals surface area contributed by atoms with Crippen LogP contribution in [0.4, 0.5) is 0 Å². The highest BCUT2D eigenvalue weighted by atomic mass is 35.5. The van der Waals surface area contributed by atoms with Crippen LogP contribution in [0.1, 0.15) is 10.4 Å². The third-order valence-electron chi connectivity index (χ3n) is 2.25. The average molecular weight is 303 g/mol. The molecule has 0 amide bonds. The molecular weight excluding hydrogens is 296 g/mol. The van der Waals surface area contributed by atoms with Crippen molar-refractivity contribution in [2.75, 3.05) is 0 Å². The molecule has 2 aromatic rings. The van der Waals surface area contributed by atoms with Crippen LogP contribution >= 0.6 is 34.8 Å². The van der Waals surface area contributed by atoms with Crippen LogP contribution in [0.3, 0.4) is 0 Å². The molecule has 0 saturated heterocycles. The van der Waals surface area contributed by atoms with Gasteiger partial charge in [-0.3, -0.25) is 0 Å². The Labute approximate surface area is 118 Å². The highest BCUT2D eigenvalue weighted by molar-refractivity contribution is 6.36. The third-order valence-corrected chi connectivity index (χ3v) is 2.99. The zero-order valence-electron chi connectivity index (χ0n) is 8.82. The van der Waals surface area contributed by atoms with E-state index in [1.165, 1.54) is 12.1 Å². The summed E-state index contributed by atoms with van der Waals surface area (Å²) in [5.74, 6) is -1.08. The molecule has 0 atom stereocenters. The standard InChI is InChI=1S/C12H6Cl3NO2/c13-7-1-2-8(9(14)5-7)10-3-6(12(17)18)4-11(15)16-10/h1-5H,(H,17,18). The number of aromatic carboxylic acids is 1. The molecule has 1 aromatic carbocycles. The molecule has 0 aliphatic rings. The molecule has 0 spiro atoms. The summed E-state index contributed by atoms with van der Waals surface area (Å²) < 4.78 is 0. The molecule has 0 radical (unpaired) electrons. The van der Waals surface area contributed by atoms with E-state index in [2.05, 4.69) is 4.98 Å². The number of rotatable bonds is 2. The lowest BCUT2D eigenvalue weighted by Crippen LogP contribution is -1.98. The van der Waals surface area contributed by atoms with Gasteiger partial charge in [0.05, 0.1) is 16.3 Å². The second-order valence-corrected chi connectivity index (χ2v) is 4.72. The molecular formula is C12H6Cl3NO2. The molecule has 1 N–H and O–H groups in total. The summed E-state index contributed by atoms with van der Waals surface area (Å²) in [7, 11) is 0. The van der Waals surface area contributed by atoms with Crippen molar-refractivity contribution < 1.29 is 9.90 Å². The largest absolute Gasteiger partial charge is 0.478 e. The van der Waals surface area contributed by atoms with E-state index in [-0.39, 0.29) is 10.7 Å². The minimum atomic E-state index is -1.08. The summed E-state index contributed by atoms with van der Waals surface area (Å²) in [6, 6.07) is 7.54. The second kappa shape index (κ2) is 5.14. The van der Waals surface area contributed by atoms with Crippen LogP contribution in [0.15, 0.2) is 30.3 Å². The van der Waals surface area contributed by atoms with Crippen molar-refractivity contribution in [2.24, 2.45) is 0 Å². The average Bonchev–Trinajstić information content (AvgIpc) is 2.27. The number of carbonyl (C=O) groups is 1. The molecule has 18 heavy (non-hydrogen) atoms. The number of nitrogens with zero attached hydrogens (tertiary/aromatic N) is 1. The summed E-state index contributed by atoms with van der Waals surface area (Å²) in [5, 5.41) is 9.92. The van der Waals surface area contributed by atoms with E-state index < -0.39 is 5.97 Å². The SMILES string of the molecule is O=C(O)c1cc(Cl)nc(-c2ccc(Cl)cc2Cl)c1. The van der Waals surface area contributed by atoms with E-state index in [0.29, 0.717) is 21.3 Å². The number of halogens is 3. The van der Waals surface area contributed by atoms with Crippen molar-refractivity contribution in [3.63, 3.8) is 0 Å². The van der Waals surface area contributed by atoms with Crippen molar-refractivity contribution >= 4 is 40.8 Å². The van der Waals surface area contributed by atoms with Gasteiger partial charge in [-0.05, 0) is 30.3 Å². The van der Waals surface area contributed by atoms with Crippen LogP contribution in [0.5, 0.6) is 0 Å². The first kappa shape index (κ1) is 13.1. The molecule has 0 saturated carbocycles. The molecule has 0 aliphatic carbocycles. The maximum Gasteiger partial charge on any atom is 0.335 e. The van der Waals surface area contributed by atoms with Gasteiger partial charge < -0.3 is 5.11 Å². The Kier molecular flexibility index (Phi) is 3.76. The summed E-state index contributed by atoms with van der Waals surface area (Å²) in [4.78, 5) is 15.0. The summed E-state index contributed by atoms with van der Waals surface area (Å²) in [6.45, 7) is 0. The van der Waals surface area contributed by atoms with Crippen molar-refractivity contribution in [3.8, 4) is 11.3 Å². The molecule has 92 valence electrons. The van der Waals surface area contributed by atoms with Gasteiger partial charge in [0.1, 0.15) is 5.15 Å². The van der Waals surface area contributed by atoms with Crippen LogP contribution < -0.4 is 0 Å². The molecule has 2 rings (SSSR count). The maximum atomic E-state index is 10.9. The van der Waals surface area contributed by atoms with Crippen molar-refractivity contribution in [3.05, 3.63) is 51.1 Å². The Morgan fingerprint density at radius 3 is 2.44 bits per heavy atom. The number of aromatic nitrogens is 1. The smallest absolute Gasteiger partial charge is 0.335 e. The van der Waals surface area contributed by atoms with Gasteiger partial charge in [0.2, 0.25) is 0 Å². The molecule has 0 unspecified atom stereocenters. The number of hydrogen-bond donors (Lipinski definition) is 1. The highest BCUT2D eigenvalue weighted by Gasteiger charge is 2.11. The van der Waals surface area contributed by atoms with E-state index in [4.69, 9.17) is 39.9 Å². The first-order valence-corrected chi connectivity index (χ1v) is 5.97. The highest BCUT2D eigenvalue weighted by Crippen LogP contribution is 2.30. The van der Waals surface area contributed by atoms with E-state index in [1.54, 1.807) is 18.2 Å². The molecule has 1 heterocycles. The lowest BCUT2D eigenvalue weighted by molar-refractivity contribution is 0.0697. The van der Waals surface area contributed by atoms with E-state index in [9.17, 15) is 4.79 Å². The molecule has 3 nitrogen and oxygen atoms in total. The van der Waals surface area contributed by atoms with Crippen molar-refractivity contribution in [2.45, 2.75) is 0 Å². The minimum absolute atomic E-state index is 0.0519. The normalized spacial score (nSPS) is 10.4. The van der Waals surface area contributed by atoms with Crippen LogP contribution in [-0.2, 0) is 0 Å². The monoisotopic (exact) mass is 301 g/mol. The number of pyridine rings is 1. The second-order valence-electron chi connectivity index (χ2n) is 3.49. The molecule has 6 heteroatoms. The number of benzene rings is 1.